The Morgan fingerprint density at radius 3 is 1.80 bits per heavy atom. The van der Waals surface area contributed by atoms with Crippen LogP contribution in [0, 0.1) is 12.5 Å². The number of fused-ring (bicyclic) bond motifs is 1. The van der Waals surface area contributed by atoms with E-state index in [2.05, 4.69) is 15.3 Å². The number of nitrogens with two attached hydrogens (primary N) is 1. The van der Waals surface area contributed by atoms with Gasteiger partial charge in [0.05, 0.1) is 11.1 Å². The SMILES string of the molecule is Cc1ccc(N=Nc2c(S(=O)(=O)O)cc3cc(S(=O)(=O)O)c(N=N)c(O)c3c2N)c(S(=O)(=O)O)c1. The molecule has 0 atom stereocenters. The monoisotopic (exact) mass is 545 g/mol. The zero-order chi connectivity index (χ0) is 26.5. The fourth-order valence-corrected chi connectivity index (χ4v) is 5.17. The molecule has 3 rings (SSSR count). The van der Waals surface area contributed by atoms with E-state index in [1.807, 2.05) is 0 Å². The number of azo groups is 1. The van der Waals surface area contributed by atoms with Crippen LogP contribution in [0.15, 0.2) is 60.4 Å². The Labute approximate surface area is 197 Å². The largest absolute Gasteiger partial charge is 0.505 e. The van der Waals surface area contributed by atoms with Crippen molar-refractivity contribution in [3.63, 3.8) is 0 Å². The maximum Gasteiger partial charge on any atom is 0.296 e. The van der Waals surface area contributed by atoms with Crippen molar-refractivity contribution in [1.82, 2.24) is 0 Å². The van der Waals surface area contributed by atoms with E-state index in [9.17, 15) is 44.0 Å². The molecule has 0 aliphatic heterocycles. The summed E-state index contributed by atoms with van der Waals surface area (Å²) in [5, 5.41) is 19.7. The fraction of sp³-hybridized carbons (Fsp3) is 0.0588. The normalized spacial score (nSPS) is 12.9. The highest BCUT2D eigenvalue weighted by atomic mass is 32.2. The quantitative estimate of drug-likeness (QED) is 0.148. The molecule has 0 radical (unpaired) electrons. The molecular weight excluding hydrogens is 530 g/mol. The molecule has 18 heteroatoms. The van der Waals surface area contributed by atoms with Crippen LogP contribution in [-0.2, 0) is 30.4 Å². The Hall–Kier alpha value is -3.55. The highest BCUT2D eigenvalue weighted by Gasteiger charge is 2.28. The standard InChI is InChI=1S/C17H15N5O10S3/c1-7-2-3-9(10(4-7)33(24,25)26)21-22-15-11(34(27,28)29)5-8-6-12(35(30,31)32)16(20-19)17(23)13(8)14(15)18/h2-6,19,23H,18H2,1H3,(H,24,25,26)(H,27,28,29)(H,30,31,32). The van der Waals surface area contributed by atoms with E-state index in [-0.39, 0.29) is 0 Å². The number of aryl methyl sites for hydroxylation is 1. The van der Waals surface area contributed by atoms with Crippen molar-refractivity contribution in [2.24, 2.45) is 15.3 Å². The molecule has 0 bridgehead atoms. The number of nitrogens with zero attached hydrogens (tertiary/aromatic N) is 3. The van der Waals surface area contributed by atoms with Gasteiger partial charge in [0.25, 0.3) is 30.4 Å². The highest BCUT2D eigenvalue weighted by molar-refractivity contribution is 7.86. The minimum atomic E-state index is -5.13. The maximum atomic E-state index is 12.0. The van der Waals surface area contributed by atoms with Crippen molar-refractivity contribution in [3.05, 3.63) is 35.9 Å². The fourth-order valence-electron chi connectivity index (χ4n) is 3.13. The van der Waals surface area contributed by atoms with Crippen molar-refractivity contribution in [2.45, 2.75) is 21.6 Å². The van der Waals surface area contributed by atoms with Crippen molar-refractivity contribution >= 4 is 63.9 Å². The number of nitrogen functional groups attached to an aromatic ring is 1. The number of phenolic OH excluding ortho intramolecular Hbond substituents is 1. The predicted octanol–water partition coefficient (Wildman–Crippen LogP) is 3.25. The number of nitrogens with one attached hydrogen (secondary N) is 1. The van der Waals surface area contributed by atoms with E-state index in [4.69, 9.17) is 11.3 Å². The van der Waals surface area contributed by atoms with Crippen LogP contribution in [0.5, 0.6) is 5.75 Å². The summed E-state index contributed by atoms with van der Waals surface area (Å²) in [6, 6.07) is 4.90. The van der Waals surface area contributed by atoms with Gasteiger partial charge in [0, 0.05) is 0 Å². The zero-order valence-corrected chi connectivity index (χ0v) is 19.7. The lowest BCUT2D eigenvalue weighted by atomic mass is 10.1. The molecule has 0 fully saturated rings. The van der Waals surface area contributed by atoms with Gasteiger partial charge in [-0.3, -0.25) is 13.7 Å². The van der Waals surface area contributed by atoms with Gasteiger partial charge in [-0.2, -0.15) is 30.4 Å². The predicted molar refractivity (Wildman–Crippen MR) is 120 cm³/mol. The molecule has 0 heterocycles. The second kappa shape index (κ2) is 8.59. The average Bonchev–Trinajstić information content (AvgIpc) is 2.71. The Morgan fingerprint density at radius 2 is 1.31 bits per heavy atom. The Kier molecular flexibility index (Phi) is 6.40. The summed E-state index contributed by atoms with van der Waals surface area (Å²) in [6.07, 6.45) is 0. The van der Waals surface area contributed by atoms with Crippen molar-refractivity contribution in [3.8, 4) is 5.75 Å². The van der Waals surface area contributed by atoms with Crippen LogP contribution in [0.1, 0.15) is 5.56 Å². The average molecular weight is 546 g/mol. The van der Waals surface area contributed by atoms with Crippen LogP contribution in [0.3, 0.4) is 0 Å². The van der Waals surface area contributed by atoms with Gasteiger partial charge in [-0.1, -0.05) is 6.07 Å². The third-order valence-corrected chi connectivity index (χ3v) is 7.25. The lowest BCUT2D eigenvalue weighted by Gasteiger charge is -2.14. The van der Waals surface area contributed by atoms with Crippen molar-refractivity contribution in [2.75, 3.05) is 5.73 Å². The van der Waals surface area contributed by atoms with Crippen LogP contribution in [0.25, 0.3) is 10.8 Å². The smallest absolute Gasteiger partial charge is 0.296 e. The lowest BCUT2D eigenvalue weighted by Crippen LogP contribution is -2.04. The van der Waals surface area contributed by atoms with Crippen LogP contribution >= 0.6 is 0 Å². The minimum absolute atomic E-state index is 0.416. The first-order chi connectivity index (χ1) is 16.0. The molecule has 3 aromatic rings. The topological polar surface area (TPSA) is 270 Å². The summed E-state index contributed by atoms with van der Waals surface area (Å²) in [5.41, 5.74) is 10.6. The summed E-state index contributed by atoms with van der Waals surface area (Å²) >= 11 is 0. The Morgan fingerprint density at radius 1 is 0.800 bits per heavy atom. The van der Waals surface area contributed by atoms with E-state index < -0.39 is 84.3 Å². The number of phenols is 1. The first-order valence-corrected chi connectivity index (χ1v) is 13.2. The number of aromatic hydroxyl groups is 1. The van der Waals surface area contributed by atoms with Gasteiger partial charge in [0.15, 0.2) is 5.75 Å². The Bertz CT molecular complexity index is 1770. The number of hydrogen-bond acceptors (Lipinski definition) is 12. The van der Waals surface area contributed by atoms with Crippen molar-refractivity contribution in [1.29, 1.82) is 5.53 Å². The van der Waals surface area contributed by atoms with Crippen LogP contribution in [0.4, 0.5) is 22.7 Å². The number of benzene rings is 3. The minimum Gasteiger partial charge on any atom is -0.505 e. The molecule has 35 heavy (non-hydrogen) atoms. The van der Waals surface area contributed by atoms with E-state index in [1.165, 1.54) is 13.0 Å². The molecule has 0 aromatic heterocycles. The van der Waals surface area contributed by atoms with Crippen molar-refractivity contribution < 1.29 is 44.0 Å². The molecule has 0 aliphatic rings. The second-order valence-corrected chi connectivity index (χ2v) is 11.2. The summed E-state index contributed by atoms with van der Waals surface area (Å²) in [6.45, 7) is 1.52. The summed E-state index contributed by atoms with van der Waals surface area (Å²) in [7, 11) is -15.0. The molecule has 0 saturated heterocycles. The summed E-state index contributed by atoms with van der Waals surface area (Å²) in [5.74, 6) is -1.05. The van der Waals surface area contributed by atoms with Gasteiger partial charge in [-0.25, -0.2) is 5.53 Å². The molecule has 3 aromatic carbocycles. The van der Waals surface area contributed by atoms with Crippen LogP contribution in [0.2, 0.25) is 0 Å². The third-order valence-electron chi connectivity index (χ3n) is 4.63. The maximum absolute atomic E-state index is 12.0. The lowest BCUT2D eigenvalue weighted by molar-refractivity contribution is 0.471. The number of rotatable bonds is 6. The molecule has 0 aliphatic carbocycles. The van der Waals surface area contributed by atoms with E-state index in [1.54, 1.807) is 0 Å². The molecule has 0 unspecified atom stereocenters. The second-order valence-electron chi connectivity index (χ2n) is 7.02. The molecule has 15 nitrogen and oxygen atoms in total. The molecule has 7 N–H and O–H groups in total. The van der Waals surface area contributed by atoms with Gasteiger partial charge < -0.3 is 10.8 Å². The third kappa shape index (κ3) is 4.97. The van der Waals surface area contributed by atoms with E-state index in [0.717, 1.165) is 12.1 Å². The molecule has 0 spiro atoms. The van der Waals surface area contributed by atoms with E-state index in [0.29, 0.717) is 17.7 Å². The van der Waals surface area contributed by atoms with Crippen LogP contribution in [-0.4, -0.2) is 44.0 Å². The van der Waals surface area contributed by atoms with Crippen LogP contribution < -0.4 is 5.73 Å². The highest BCUT2D eigenvalue weighted by Crippen LogP contribution is 2.47. The van der Waals surface area contributed by atoms with Gasteiger partial charge in [0.1, 0.15) is 31.7 Å². The summed E-state index contributed by atoms with van der Waals surface area (Å²) in [4.78, 5) is -2.75. The first kappa shape index (κ1) is 26.1. The van der Waals surface area contributed by atoms with Gasteiger partial charge in [-0.05, 0) is 42.1 Å². The molecule has 186 valence electrons. The molecule has 0 saturated carbocycles. The van der Waals surface area contributed by atoms with Gasteiger partial charge in [0.2, 0.25) is 0 Å². The molecule has 0 amide bonds. The zero-order valence-electron chi connectivity index (χ0n) is 17.3. The Balaban J connectivity index is 2.45. The van der Waals surface area contributed by atoms with Gasteiger partial charge >= 0.3 is 0 Å². The number of hydrogen-bond donors (Lipinski definition) is 6. The van der Waals surface area contributed by atoms with E-state index >= 15 is 0 Å². The first-order valence-electron chi connectivity index (χ1n) is 8.91. The summed E-state index contributed by atoms with van der Waals surface area (Å²) < 4.78 is 99.1. The van der Waals surface area contributed by atoms with Gasteiger partial charge in [-0.15, -0.1) is 10.2 Å². The number of anilines is 1. The molecular formula is C17H15N5O10S3.